The zero-order valence-corrected chi connectivity index (χ0v) is 12.3. The molecule has 0 aromatic carbocycles. The summed E-state index contributed by atoms with van der Waals surface area (Å²) in [7, 11) is 0. The molecule has 0 spiro atoms. The molecular formula is C16H22Co. The average molecular weight is 273 g/mol. The Morgan fingerprint density at radius 2 is 1.24 bits per heavy atom. The third-order valence-electron chi connectivity index (χ3n) is 3.22. The van der Waals surface area contributed by atoms with E-state index in [1.165, 1.54) is 14.7 Å². The molecule has 2 rings (SSSR count). The predicted molar refractivity (Wildman–Crippen MR) is 71.2 cm³/mol. The second-order valence-corrected chi connectivity index (χ2v) is 6.79. The molecule has 1 heteroatoms. The quantitative estimate of drug-likeness (QED) is 0.689. The molecule has 0 nitrogen and oxygen atoms in total. The summed E-state index contributed by atoms with van der Waals surface area (Å²) in [6.45, 7) is 9.18. The molecule has 0 radical (unpaired) electrons. The van der Waals surface area contributed by atoms with Crippen LogP contribution in [0.2, 0.25) is 0 Å². The molecule has 0 unspecified atom stereocenters. The second-order valence-electron chi connectivity index (χ2n) is 5.27. The Bertz CT molecular complexity index is 377. The van der Waals surface area contributed by atoms with Crippen LogP contribution in [0.3, 0.4) is 0 Å². The molecule has 0 amide bonds. The second kappa shape index (κ2) is 5.41. The van der Waals surface area contributed by atoms with Gasteiger partial charge >= 0.3 is 112 Å². The first-order valence-corrected chi connectivity index (χ1v) is 7.53. The first kappa shape index (κ1) is 12.9. The topological polar surface area (TPSA) is 0 Å². The Morgan fingerprint density at radius 3 is 1.59 bits per heavy atom. The molecular weight excluding hydrogens is 251 g/mol. The fourth-order valence-electron chi connectivity index (χ4n) is 2.25. The van der Waals surface area contributed by atoms with Crippen molar-refractivity contribution in [1.29, 1.82) is 0 Å². The molecule has 0 atom stereocenters. The summed E-state index contributed by atoms with van der Waals surface area (Å²) in [5, 5.41) is 0. The summed E-state index contributed by atoms with van der Waals surface area (Å²) in [6, 6.07) is 0. The zero-order valence-electron chi connectivity index (χ0n) is 11.2. The van der Waals surface area contributed by atoms with Gasteiger partial charge in [-0.15, -0.1) is 0 Å². The number of hydrogen-bond acceptors (Lipinski definition) is 0. The fourth-order valence-corrected chi connectivity index (χ4v) is 4.16. The van der Waals surface area contributed by atoms with Gasteiger partial charge in [-0.2, -0.15) is 0 Å². The minimum atomic E-state index is 0.660. The van der Waals surface area contributed by atoms with E-state index in [0.717, 1.165) is 12.8 Å². The third-order valence-corrected chi connectivity index (χ3v) is 4.87. The molecule has 0 saturated carbocycles. The first-order chi connectivity index (χ1) is 8.09. The molecule has 0 aromatic heterocycles. The molecule has 17 heavy (non-hydrogen) atoms. The monoisotopic (exact) mass is 273 g/mol. The summed E-state index contributed by atoms with van der Waals surface area (Å²) in [5.74, 6) is 1.32. The van der Waals surface area contributed by atoms with E-state index in [9.17, 15) is 0 Å². The van der Waals surface area contributed by atoms with Gasteiger partial charge in [-0.1, -0.05) is 0 Å². The van der Waals surface area contributed by atoms with E-state index in [1.54, 1.807) is 20.2 Å². The van der Waals surface area contributed by atoms with Gasteiger partial charge in [0.2, 0.25) is 0 Å². The molecule has 0 heterocycles. The van der Waals surface area contributed by atoms with Crippen molar-refractivity contribution in [3.8, 4) is 0 Å². The standard InChI is InChI=1S/2C8H11.Co/c2*1-7(2)8-5-3-4-6-8;/h2*3,5,7H,4H2,1-2H3;. The Morgan fingerprint density at radius 1 is 0.824 bits per heavy atom. The average Bonchev–Trinajstić information content (AvgIpc) is 2.86. The van der Waals surface area contributed by atoms with Gasteiger partial charge in [-0.25, -0.2) is 0 Å². The molecule has 0 aromatic rings. The SMILES string of the molecule is CC(C)C1=[C]([Co][C]2=C(C(C)C)C=CC2)CC=C1. The molecule has 2 aliphatic carbocycles. The van der Waals surface area contributed by atoms with Crippen LogP contribution in [0.25, 0.3) is 0 Å². The number of hydrogen-bond donors (Lipinski definition) is 0. The molecule has 0 fully saturated rings. The zero-order chi connectivity index (χ0) is 12.4. The predicted octanol–water partition coefficient (Wildman–Crippen LogP) is 4.81. The maximum atomic E-state index is 2.32. The van der Waals surface area contributed by atoms with Crippen molar-refractivity contribution < 1.29 is 14.7 Å². The molecule has 2 aliphatic rings. The summed E-state index contributed by atoms with van der Waals surface area (Å²) in [5.41, 5.74) is 3.13. The van der Waals surface area contributed by atoms with Gasteiger partial charge in [0.25, 0.3) is 0 Å². The maximum absolute atomic E-state index is 2.32. The van der Waals surface area contributed by atoms with E-state index in [2.05, 4.69) is 52.0 Å². The Balaban J connectivity index is 2.18. The fraction of sp³-hybridized carbons (Fsp3) is 0.500. The molecule has 0 bridgehead atoms. The van der Waals surface area contributed by atoms with Crippen molar-refractivity contribution in [2.75, 3.05) is 0 Å². The van der Waals surface area contributed by atoms with Gasteiger partial charge in [0.1, 0.15) is 0 Å². The normalized spacial score (nSPS) is 19.9. The van der Waals surface area contributed by atoms with Crippen LogP contribution in [0.1, 0.15) is 40.5 Å². The Labute approximate surface area is 112 Å². The van der Waals surface area contributed by atoms with Crippen LogP contribution in [0, 0.1) is 11.8 Å². The van der Waals surface area contributed by atoms with E-state index in [0.29, 0.717) is 11.8 Å². The molecule has 95 valence electrons. The number of allylic oxidation sites excluding steroid dienone is 8. The summed E-state index contributed by atoms with van der Waals surface area (Å²) < 4.78 is 3.24. The van der Waals surface area contributed by atoms with Gasteiger partial charge < -0.3 is 0 Å². The van der Waals surface area contributed by atoms with E-state index in [-0.39, 0.29) is 0 Å². The van der Waals surface area contributed by atoms with E-state index in [1.807, 2.05) is 0 Å². The van der Waals surface area contributed by atoms with E-state index < -0.39 is 0 Å². The van der Waals surface area contributed by atoms with Gasteiger partial charge in [-0.05, 0) is 0 Å². The van der Waals surface area contributed by atoms with Gasteiger partial charge in [0, 0.05) is 0 Å². The minimum absolute atomic E-state index is 0.660. The van der Waals surface area contributed by atoms with Crippen molar-refractivity contribution in [1.82, 2.24) is 0 Å². The van der Waals surface area contributed by atoms with Crippen molar-refractivity contribution in [2.24, 2.45) is 11.8 Å². The van der Waals surface area contributed by atoms with Crippen LogP contribution in [0.15, 0.2) is 44.5 Å². The van der Waals surface area contributed by atoms with E-state index in [4.69, 9.17) is 0 Å². The van der Waals surface area contributed by atoms with Crippen LogP contribution in [0.4, 0.5) is 0 Å². The number of rotatable bonds is 4. The first-order valence-electron chi connectivity index (χ1n) is 6.49. The van der Waals surface area contributed by atoms with Crippen LogP contribution in [-0.4, -0.2) is 0 Å². The van der Waals surface area contributed by atoms with Gasteiger partial charge in [0.15, 0.2) is 0 Å². The summed E-state index contributed by atoms with van der Waals surface area (Å²) in [4.78, 5) is 0. The van der Waals surface area contributed by atoms with Crippen molar-refractivity contribution in [3.05, 3.63) is 44.5 Å². The molecule has 0 saturated heterocycles. The molecule has 0 N–H and O–H groups in total. The van der Waals surface area contributed by atoms with Crippen LogP contribution >= 0.6 is 0 Å². The third kappa shape index (κ3) is 2.83. The van der Waals surface area contributed by atoms with Crippen LogP contribution < -0.4 is 0 Å². The molecule has 0 aliphatic heterocycles. The van der Waals surface area contributed by atoms with Crippen molar-refractivity contribution >= 4 is 0 Å². The summed E-state index contributed by atoms with van der Waals surface area (Å²) in [6.07, 6.45) is 11.6. The summed E-state index contributed by atoms with van der Waals surface area (Å²) >= 11 is 1.51. The Kier molecular flexibility index (Phi) is 4.11. The van der Waals surface area contributed by atoms with E-state index >= 15 is 0 Å². The van der Waals surface area contributed by atoms with Crippen LogP contribution in [0.5, 0.6) is 0 Å². The van der Waals surface area contributed by atoms with Crippen molar-refractivity contribution in [2.45, 2.75) is 40.5 Å². The van der Waals surface area contributed by atoms with Gasteiger partial charge in [0.05, 0.1) is 0 Å². The van der Waals surface area contributed by atoms with Gasteiger partial charge in [-0.3, -0.25) is 0 Å². The van der Waals surface area contributed by atoms with Crippen LogP contribution in [-0.2, 0) is 14.7 Å². The van der Waals surface area contributed by atoms with Crippen molar-refractivity contribution in [3.63, 3.8) is 0 Å². The Hall–Kier alpha value is -0.534.